The zero-order chi connectivity index (χ0) is 19.5. The molecule has 1 fully saturated rings. The molecule has 0 unspecified atom stereocenters. The van der Waals surface area contributed by atoms with Crippen LogP contribution in [0, 0.1) is 0 Å². The number of hydrogen-bond acceptors (Lipinski definition) is 5. The summed E-state index contributed by atoms with van der Waals surface area (Å²) in [6.45, 7) is 10.5. The molecule has 1 amide bonds. The van der Waals surface area contributed by atoms with Crippen LogP contribution in [0.25, 0.3) is 0 Å². The van der Waals surface area contributed by atoms with Crippen molar-refractivity contribution in [3.8, 4) is 5.75 Å². The third kappa shape index (κ3) is 5.43. The number of piperidine rings is 1. The van der Waals surface area contributed by atoms with E-state index < -0.39 is 6.10 Å². The number of nitrogens with one attached hydrogen (secondary N) is 1. The highest BCUT2D eigenvalue weighted by Crippen LogP contribution is 2.38. The Balaban J connectivity index is 1.91. The first-order valence-corrected chi connectivity index (χ1v) is 9.14. The second-order valence-corrected chi connectivity index (χ2v) is 8.47. The number of aliphatic hydroxyl groups excluding tert-OH is 2. The number of likely N-dealkylation sites (tertiary alicyclic amines) is 1. The molecule has 0 aliphatic carbocycles. The Labute approximate surface area is 156 Å². The first-order chi connectivity index (χ1) is 12.0. The average Bonchev–Trinajstić information content (AvgIpc) is 2.48. The molecule has 6 nitrogen and oxygen atoms in total. The number of nitrogens with zero attached hydrogens (tertiary/aromatic N) is 1. The Bertz CT molecular complexity index is 595. The summed E-state index contributed by atoms with van der Waals surface area (Å²) < 4.78 is 5.69. The van der Waals surface area contributed by atoms with Gasteiger partial charge in [-0.2, -0.15) is 0 Å². The van der Waals surface area contributed by atoms with Crippen LogP contribution in [0.5, 0.6) is 5.75 Å². The van der Waals surface area contributed by atoms with Gasteiger partial charge in [-0.1, -0.05) is 0 Å². The summed E-state index contributed by atoms with van der Waals surface area (Å²) in [5.74, 6) is 0.525. The number of carbonyl (C=O) groups excluding carboxylic acids is 1. The molecule has 1 saturated heterocycles. The summed E-state index contributed by atoms with van der Waals surface area (Å²) in [5.41, 5.74) is 0.324. The van der Waals surface area contributed by atoms with Gasteiger partial charge in [-0.05, 0) is 64.8 Å². The van der Waals surface area contributed by atoms with Gasteiger partial charge in [0, 0.05) is 30.2 Å². The van der Waals surface area contributed by atoms with Gasteiger partial charge in [-0.3, -0.25) is 9.69 Å². The van der Waals surface area contributed by atoms with Crippen molar-refractivity contribution in [2.45, 2.75) is 70.7 Å². The van der Waals surface area contributed by atoms with E-state index in [1.807, 2.05) is 0 Å². The number of rotatable bonds is 6. The van der Waals surface area contributed by atoms with Gasteiger partial charge in [-0.25, -0.2) is 0 Å². The third-order valence-corrected chi connectivity index (χ3v) is 4.94. The van der Waals surface area contributed by atoms with Gasteiger partial charge in [-0.15, -0.1) is 0 Å². The molecule has 3 N–H and O–H groups in total. The fourth-order valence-electron chi connectivity index (χ4n) is 4.05. The minimum absolute atomic E-state index is 0.119. The lowest BCUT2D eigenvalue weighted by Crippen LogP contribution is -2.63. The topological polar surface area (TPSA) is 82.0 Å². The SMILES string of the molecule is CC(=O)Nc1ccc(OC[C@@H](O)CN2C(C)(C)CC(O)CC2(C)C)cc1. The van der Waals surface area contributed by atoms with Gasteiger partial charge in [0.1, 0.15) is 18.5 Å². The van der Waals surface area contributed by atoms with E-state index in [0.29, 0.717) is 30.8 Å². The highest BCUT2D eigenvalue weighted by atomic mass is 16.5. The lowest BCUT2D eigenvalue weighted by molar-refractivity contribution is -0.114. The largest absolute Gasteiger partial charge is 0.491 e. The quantitative estimate of drug-likeness (QED) is 0.722. The molecule has 2 rings (SSSR count). The molecule has 0 radical (unpaired) electrons. The lowest BCUT2D eigenvalue weighted by atomic mass is 9.78. The average molecular weight is 364 g/mol. The second-order valence-electron chi connectivity index (χ2n) is 8.47. The van der Waals surface area contributed by atoms with E-state index in [4.69, 9.17) is 4.74 Å². The van der Waals surface area contributed by atoms with Crippen LogP contribution in [0.2, 0.25) is 0 Å². The summed E-state index contributed by atoms with van der Waals surface area (Å²) in [6, 6.07) is 7.06. The van der Waals surface area contributed by atoms with Crippen LogP contribution < -0.4 is 10.1 Å². The summed E-state index contributed by atoms with van der Waals surface area (Å²) in [7, 11) is 0. The third-order valence-electron chi connectivity index (χ3n) is 4.94. The number of aliphatic hydroxyl groups is 2. The van der Waals surface area contributed by atoms with Crippen molar-refractivity contribution in [2.24, 2.45) is 0 Å². The summed E-state index contributed by atoms with van der Waals surface area (Å²) in [4.78, 5) is 13.3. The Morgan fingerprint density at radius 3 is 2.27 bits per heavy atom. The molecule has 6 heteroatoms. The maximum atomic E-state index is 11.0. The molecule has 26 heavy (non-hydrogen) atoms. The predicted molar refractivity (Wildman–Crippen MR) is 102 cm³/mol. The van der Waals surface area contributed by atoms with Gasteiger partial charge in [0.25, 0.3) is 0 Å². The monoisotopic (exact) mass is 364 g/mol. The molecule has 1 atom stereocenters. The smallest absolute Gasteiger partial charge is 0.221 e. The molecule has 146 valence electrons. The Hall–Kier alpha value is -1.63. The van der Waals surface area contributed by atoms with E-state index in [2.05, 4.69) is 37.9 Å². The maximum Gasteiger partial charge on any atom is 0.221 e. The van der Waals surface area contributed by atoms with E-state index in [1.54, 1.807) is 24.3 Å². The highest BCUT2D eigenvalue weighted by molar-refractivity contribution is 5.88. The minimum atomic E-state index is -0.640. The van der Waals surface area contributed by atoms with Crippen molar-refractivity contribution in [1.29, 1.82) is 0 Å². The number of carbonyl (C=O) groups is 1. The molecular formula is C20H32N2O4. The van der Waals surface area contributed by atoms with E-state index in [0.717, 1.165) is 0 Å². The number of anilines is 1. The van der Waals surface area contributed by atoms with Crippen LogP contribution in [0.1, 0.15) is 47.5 Å². The van der Waals surface area contributed by atoms with E-state index in [1.165, 1.54) is 6.92 Å². The minimum Gasteiger partial charge on any atom is -0.491 e. The first-order valence-electron chi connectivity index (χ1n) is 9.14. The van der Waals surface area contributed by atoms with E-state index in [9.17, 15) is 15.0 Å². The molecule has 1 aliphatic rings. The van der Waals surface area contributed by atoms with Crippen molar-refractivity contribution in [1.82, 2.24) is 4.90 Å². The Morgan fingerprint density at radius 1 is 1.23 bits per heavy atom. The standard InChI is InChI=1S/C20H32N2O4/c1-14(23)21-15-6-8-18(9-7-15)26-13-17(25)12-22-19(2,3)10-16(24)11-20(22,4)5/h6-9,16-17,24-25H,10-13H2,1-5H3,(H,21,23)/t17-/m0/s1. The van der Waals surface area contributed by atoms with Gasteiger partial charge < -0.3 is 20.3 Å². The number of β-amino-alcohol motifs (C(OH)–C–C–N with tert-alkyl or cyclic N) is 1. The summed E-state index contributed by atoms with van der Waals surface area (Å²) >= 11 is 0. The van der Waals surface area contributed by atoms with Crippen molar-refractivity contribution < 1.29 is 19.7 Å². The summed E-state index contributed by atoms with van der Waals surface area (Å²) in [6.07, 6.45) is 0.425. The van der Waals surface area contributed by atoms with Gasteiger partial charge in [0.05, 0.1) is 6.10 Å². The van der Waals surface area contributed by atoms with Crippen LogP contribution in [0.15, 0.2) is 24.3 Å². The first kappa shape index (κ1) is 20.7. The summed E-state index contributed by atoms with van der Waals surface area (Å²) in [5, 5.41) is 23.3. The van der Waals surface area contributed by atoms with Gasteiger partial charge in [0.2, 0.25) is 5.91 Å². The molecule has 0 aromatic heterocycles. The second kappa shape index (κ2) is 7.94. The molecule has 1 aromatic rings. The van der Waals surface area contributed by atoms with Crippen LogP contribution in [0.4, 0.5) is 5.69 Å². The maximum absolute atomic E-state index is 11.0. The molecule has 0 saturated carbocycles. The normalized spacial score (nSPS) is 21.2. The highest BCUT2D eigenvalue weighted by Gasteiger charge is 2.45. The molecule has 1 aliphatic heterocycles. The van der Waals surface area contributed by atoms with Crippen molar-refractivity contribution >= 4 is 11.6 Å². The number of ether oxygens (including phenoxy) is 1. The number of amides is 1. The molecule has 1 aromatic carbocycles. The zero-order valence-electron chi connectivity index (χ0n) is 16.5. The predicted octanol–water partition coefficient (Wildman–Crippen LogP) is 2.40. The molecule has 0 spiro atoms. The molecule has 0 bridgehead atoms. The van der Waals surface area contributed by atoms with Crippen LogP contribution in [-0.4, -0.2) is 57.5 Å². The Morgan fingerprint density at radius 2 is 1.77 bits per heavy atom. The molecular weight excluding hydrogens is 332 g/mol. The van der Waals surface area contributed by atoms with Crippen molar-refractivity contribution in [2.75, 3.05) is 18.5 Å². The Kier molecular flexibility index (Phi) is 6.32. The van der Waals surface area contributed by atoms with Gasteiger partial charge >= 0.3 is 0 Å². The van der Waals surface area contributed by atoms with E-state index >= 15 is 0 Å². The van der Waals surface area contributed by atoms with Crippen LogP contribution in [0.3, 0.4) is 0 Å². The van der Waals surface area contributed by atoms with Crippen molar-refractivity contribution in [3.63, 3.8) is 0 Å². The lowest BCUT2D eigenvalue weighted by Gasteiger charge is -2.54. The van der Waals surface area contributed by atoms with Crippen molar-refractivity contribution in [3.05, 3.63) is 24.3 Å². The fourth-order valence-corrected chi connectivity index (χ4v) is 4.05. The molecule has 1 heterocycles. The van der Waals surface area contributed by atoms with Gasteiger partial charge in [0.15, 0.2) is 0 Å². The van der Waals surface area contributed by atoms with Crippen LogP contribution >= 0.6 is 0 Å². The number of benzene rings is 1. The van der Waals surface area contributed by atoms with Crippen LogP contribution in [-0.2, 0) is 4.79 Å². The number of hydrogen-bond donors (Lipinski definition) is 3. The van der Waals surface area contributed by atoms with E-state index in [-0.39, 0.29) is 29.7 Å². The zero-order valence-corrected chi connectivity index (χ0v) is 16.5. The fraction of sp³-hybridized carbons (Fsp3) is 0.650.